The average Bonchev–Trinajstić information content (AvgIpc) is 2.66. The van der Waals surface area contributed by atoms with Crippen LogP contribution in [0.1, 0.15) is 28.1 Å². The van der Waals surface area contributed by atoms with Gasteiger partial charge in [-0.15, -0.1) is 11.3 Å². The van der Waals surface area contributed by atoms with Gasteiger partial charge in [-0.05, 0) is 36.4 Å². The molecule has 0 amide bonds. The van der Waals surface area contributed by atoms with Gasteiger partial charge in [-0.1, -0.05) is 0 Å². The summed E-state index contributed by atoms with van der Waals surface area (Å²) < 4.78 is 0. The van der Waals surface area contributed by atoms with E-state index in [9.17, 15) is 9.90 Å². The first-order valence-electron chi connectivity index (χ1n) is 5.37. The number of nitrogens with zero attached hydrogens (tertiary/aromatic N) is 1. The molecule has 0 bridgehead atoms. The number of β-amino-alcohol motifs (C(OH)–C–C–N with tert-alkyl or cyclic N) is 1. The van der Waals surface area contributed by atoms with Crippen LogP contribution in [0.3, 0.4) is 0 Å². The second-order valence-corrected chi connectivity index (χ2v) is 5.03. The topological polar surface area (TPSA) is 60.8 Å². The minimum absolute atomic E-state index is 0.263. The molecule has 0 saturated carbocycles. The van der Waals surface area contributed by atoms with Crippen LogP contribution in [0, 0.1) is 0 Å². The van der Waals surface area contributed by atoms with Gasteiger partial charge in [0.1, 0.15) is 4.88 Å². The molecular formula is C11H15NO3S. The van der Waals surface area contributed by atoms with Crippen LogP contribution < -0.4 is 0 Å². The number of carboxylic acids is 1. The van der Waals surface area contributed by atoms with E-state index < -0.39 is 5.97 Å². The van der Waals surface area contributed by atoms with Gasteiger partial charge in [0.25, 0.3) is 0 Å². The predicted molar refractivity (Wildman–Crippen MR) is 61.8 cm³/mol. The molecule has 1 aliphatic rings. The van der Waals surface area contributed by atoms with Gasteiger partial charge < -0.3 is 10.2 Å². The fourth-order valence-corrected chi connectivity index (χ4v) is 2.82. The largest absolute Gasteiger partial charge is 0.477 e. The van der Waals surface area contributed by atoms with Gasteiger partial charge in [-0.2, -0.15) is 0 Å². The number of hydrogen-bond donors (Lipinski definition) is 2. The maximum Gasteiger partial charge on any atom is 0.346 e. The first kappa shape index (κ1) is 11.6. The standard InChI is InChI=1S/C11H15NO3S/c13-9-2-1-4-12(7-9)6-8-3-5-16-10(8)11(14)15/h3,5,9,13H,1-2,4,6-7H2,(H,14,15). The Kier molecular flexibility index (Phi) is 3.58. The third kappa shape index (κ3) is 2.61. The Hall–Kier alpha value is -0.910. The zero-order valence-corrected chi connectivity index (χ0v) is 9.74. The number of aromatic carboxylic acids is 1. The Morgan fingerprint density at radius 1 is 1.62 bits per heavy atom. The second-order valence-electron chi connectivity index (χ2n) is 4.11. The Balaban J connectivity index is 2.02. The number of hydrogen-bond acceptors (Lipinski definition) is 4. The summed E-state index contributed by atoms with van der Waals surface area (Å²) in [5.41, 5.74) is 0.853. The lowest BCUT2D eigenvalue weighted by Crippen LogP contribution is -2.37. The van der Waals surface area contributed by atoms with Crippen LogP contribution >= 0.6 is 11.3 Å². The van der Waals surface area contributed by atoms with Crippen LogP contribution in [0.2, 0.25) is 0 Å². The van der Waals surface area contributed by atoms with Crippen molar-refractivity contribution in [2.75, 3.05) is 13.1 Å². The summed E-state index contributed by atoms with van der Waals surface area (Å²) in [4.78, 5) is 13.5. The van der Waals surface area contributed by atoms with Gasteiger partial charge in [0, 0.05) is 13.1 Å². The maximum absolute atomic E-state index is 10.9. The molecule has 1 unspecified atom stereocenters. The van der Waals surface area contributed by atoms with Gasteiger partial charge in [-0.3, -0.25) is 4.90 Å². The molecule has 0 spiro atoms. The van der Waals surface area contributed by atoms with E-state index in [0.717, 1.165) is 24.9 Å². The maximum atomic E-state index is 10.9. The number of aliphatic hydroxyl groups is 1. The summed E-state index contributed by atoms with van der Waals surface area (Å²) in [5.74, 6) is -0.859. The molecule has 16 heavy (non-hydrogen) atoms. The SMILES string of the molecule is O=C(O)c1sccc1CN1CCCC(O)C1. The summed E-state index contributed by atoms with van der Waals surface area (Å²) in [6.07, 6.45) is 1.57. The van der Waals surface area contributed by atoms with E-state index >= 15 is 0 Å². The zero-order valence-electron chi connectivity index (χ0n) is 8.93. The molecule has 1 atom stereocenters. The molecule has 1 aliphatic heterocycles. The van der Waals surface area contributed by atoms with Crippen molar-refractivity contribution in [3.05, 3.63) is 21.9 Å². The fraction of sp³-hybridized carbons (Fsp3) is 0.545. The molecule has 2 rings (SSSR count). The van der Waals surface area contributed by atoms with Crippen molar-refractivity contribution in [1.29, 1.82) is 0 Å². The molecular weight excluding hydrogens is 226 g/mol. The highest BCUT2D eigenvalue weighted by molar-refractivity contribution is 7.12. The molecule has 1 aromatic rings. The molecule has 1 aromatic heterocycles. The molecule has 88 valence electrons. The van der Waals surface area contributed by atoms with Gasteiger partial charge >= 0.3 is 5.97 Å². The lowest BCUT2D eigenvalue weighted by Gasteiger charge is -2.29. The summed E-state index contributed by atoms with van der Waals surface area (Å²) >= 11 is 1.26. The number of carboxylic acid groups (broad SMARTS) is 1. The average molecular weight is 241 g/mol. The molecule has 0 radical (unpaired) electrons. The van der Waals surface area contributed by atoms with Crippen LogP contribution in [-0.2, 0) is 6.54 Å². The highest BCUT2D eigenvalue weighted by atomic mass is 32.1. The Labute approximate surface area is 98.1 Å². The normalized spacial score (nSPS) is 22.2. The van der Waals surface area contributed by atoms with Crippen molar-refractivity contribution in [3.63, 3.8) is 0 Å². The highest BCUT2D eigenvalue weighted by Crippen LogP contribution is 2.20. The molecule has 0 aliphatic carbocycles. The van der Waals surface area contributed by atoms with Crippen LogP contribution in [0.15, 0.2) is 11.4 Å². The third-order valence-corrected chi connectivity index (χ3v) is 3.76. The molecule has 1 saturated heterocycles. The third-order valence-electron chi connectivity index (χ3n) is 2.82. The Morgan fingerprint density at radius 3 is 3.12 bits per heavy atom. The second kappa shape index (κ2) is 4.95. The lowest BCUT2D eigenvalue weighted by atomic mass is 10.1. The van der Waals surface area contributed by atoms with Gasteiger partial charge in [0.05, 0.1) is 6.10 Å². The summed E-state index contributed by atoms with van der Waals surface area (Å²) in [5, 5.41) is 20.3. The smallest absolute Gasteiger partial charge is 0.346 e. The van der Waals surface area contributed by atoms with E-state index in [-0.39, 0.29) is 6.10 Å². The van der Waals surface area contributed by atoms with Gasteiger partial charge in [0.15, 0.2) is 0 Å². The quantitative estimate of drug-likeness (QED) is 0.840. The first-order valence-corrected chi connectivity index (χ1v) is 6.25. The summed E-state index contributed by atoms with van der Waals surface area (Å²) in [6, 6.07) is 1.86. The Bertz CT molecular complexity index is 377. The monoisotopic (exact) mass is 241 g/mol. The summed E-state index contributed by atoms with van der Waals surface area (Å²) in [6.45, 7) is 2.21. The van der Waals surface area contributed by atoms with Crippen LogP contribution in [0.4, 0.5) is 0 Å². The minimum Gasteiger partial charge on any atom is -0.477 e. The number of rotatable bonds is 3. The lowest BCUT2D eigenvalue weighted by molar-refractivity contribution is 0.0653. The number of thiophene rings is 1. The van der Waals surface area contributed by atoms with Crippen molar-refractivity contribution in [2.24, 2.45) is 0 Å². The molecule has 0 aromatic carbocycles. The van der Waals surface area contributed by atoms with Crippen molar-refractivity contribution in [3.8, 4) is 0 Å². The van der Waals surface area contributed by atoms with E-state index in [1.807, 2.05) is 6.07 Å². The Morgan fingerprint density at radius 2 is 2.44 bits per heavy atom. The number of carbonyl (C=O) groups is 1. The van der Waals surface area contributed by atoms with E-state index in [1.54, 1.807) is 5.38 Å². The molecule has 1 fully saturated rings. The van der Waals surface area contributed by atoms with Gasteiger partial charge in [0.2, 0.25) is 0 Å². The van der Waals surface area contributed by atoms with E-state index in [0.29, 0.717) is 18.0 Å². The summed E-state index contributed by atoms with van der Waals surface area (Å²) in [7, 11) is 0. The minimum atomic E-state index is -0.859. The number of likely N-dealkylation sites (tertiary alicyclic amines) is 1. The molecule has 2 N–H and O–H groups in total. The van der Waals surface area contributed by atoms with Crippen molar-refractivity contribution in [2.45, 2.75) is 25.5 Å². The van der Waals surface area contributed by atoms with Crippen LogP contribution in [0.5, 0.6) is 0 Å². The predicted octanol–water partition coefficient (Wildman–Crippen LogP) is 1.40. The van der Waals surface area contributed by atoms with Crippen molar-refractivity contribution < 1.29 is 15.0 Å². The van der Waals surface area contributed by atoms with E-state index in [2.05, 4.69) is 4.90 Å². The van der Waals surface area contributed by atoms with Gasteiger partial charge in [-0.25, -0.2) is 4.79 Å². The molecule has 5 heteroatoms. The number of aliphatic hydroxyl groups excluding tert-OH is 1. The van der Waals surface area contributed by atoms with Crippen LogP contribution in [-0.4, -0.2) is 40.3 Å². The molecule has 4 nitrogen and oxygen atoms in total. The van der Waals surface area contributed by atoms with Crippen molar-refractivity contribution >= 4 is 17.3 Å². The van der Waals surface area contributed by atoms with Crippen LogP contribution in [0.25, 0.3) is 0 Å². The zero-order chi connectivity index (χ0) is 11.5. The molecule has 2 heterocycles. The van der Waals surface area contributed by atoms with E-state index in [4.69, 9.17) is 5.11 Å². The first-order chi connectivity index (χ1) is 7.66. The fourth-order valence-electron chi connectivity index (χ4n) is 2.06. The number of piperidine rings is 1. The highest BCUT2D eigenvalue weighted by Gasteiger charge is 2.20. The van der Waals surface area contributed by atoms with Crippen molar-refractivity contribution in [1.82, 2.24) is 4.90 Å². The van der Waals surface area contributed by atoms with E-state index in [1.165, 1.54) is 11.3 Å².